The first-order chi connectivity index (χ1) is 23.5. The second-order valence-corrected chi connectivity index (χ2v) is 14.4. The summed E-state index contributed by atoms with van der Waals surface area (Å²) in [5.74, 6) is -1.20. The maximum Gasteiger partial charge on any atom is 0.416 e. The molecule has 4 aromatic rings. The second-order valence-electron chi connectivity index (χ2n) is 12.4. The number of aromatic nitrogens is 1. The molecule has 3 aromatic carbocycles. The van der Waals surface area contributed by atoms with Crippen molar-refractivity contribution in [2.45, 2.75) is 48.7 Å². The number of halogens is 6. The van der Waals surface area contributed by atoms with E-state index in [0.717, 1.165) is 24.5 Å². The standard InChI is InChI=1S/C35H36F6N4O4S/c1-44(18-19-46)25-14-16-45(17-15-25)21-27-29(33(47)43-32(35(39,40)41)22-8-4-3-5-9-22)26-12-7-13-28(50(2,48)49)31(26)42-30(27)23-10-6-11-24(20-23)34(36,37)38/h3-13,20,25,32,46H,14-19,21H2,1-2H3,(H,43,47)/t32-/m1/s1. The Bertz CT molecular complexity index is 1950. The highest BCUT2D eigenvalue weighted by molar-refractivity contribution is 7.91. The lowest BCUT2D eigenvalue weighted by atomic mass is 9.93. The monoisotopic (exact) mass is 722 g/mol. The maximum atomic E-state index is 14.5. The van der Waals surface area contributed by atoms with Crippen molar-refractivity contribution in [2.75, 3.05) is 39.5 Å². The molecular formula is C35H36F6N4O4S. The van der Waals surface area contributed by atoms with Crippen LogP contribution in [0.25, 0.3) is 22.2 Å². The van der Waals surface area contributed by atoms with Crippen molar-refractivity contribution in [3.63, 3.8) is 0 Å². The fourth-order valence-corrected chi connectivity index (χ4v) is 7.21. The number of piperidine rings is 1. The van der Waals surface area contributed by atoms with Gasteiger partial charge in [0.05, 0.1) is 33.8 Å². The molecule has 268 valence electrons. The number of pyridine rings is 1. The zero-order valence-corrected chi connectivity index (χ0v) is 28.0. The number of para-hydroxylation sites is 1. The SMILES string of the molecule is CN(CCO)C1CCN(Cc2c(-c3cccc(C(F)(F)F)c3)nc3c(S(C)(=O)=O)cccc3c2C(=O)N[C@H](c2ccccc2)C(F)(F)F)CC1. The van der Waals surface area contributed by atoms with E-state index in [9.17, 15) is 44.7 Å². The number of amides is 1. The number of sulfone groups is 1. The fraction of sp³-hybridized carbons (Fsp3) is 0.371. The highest BCUT2D eigenvalue weighted by Crippen LogP contribution is 2.39. The molecule has 15 heteroatoms. The van der Waals surface area contributed by atoms with E-state index in [2.05, 4.69) is 10.3 Å². The molecule has 0 saturated carbocycles. The van der Waals surface area contributed by atoms with Crippen LogP contribution < -0.4 is 5.32 Å². The molecule has 1 atom stereocenters. The molecule has 1 aromatic heterocycles. The quantitative estimate of drug-likeness (QED) is 0.187. The fourth-order valence-electron chi connectivity index (χ4n) is 6.38. The minimum absolute atomic E-state index is 0.0321. The van der Waals surface area contributed by atoms with E-state index < -0.39 is 39.7 Å². The highest BCUT2D eigenvalue weighted by Gasteiger charge is 2.43. The Morgan fingerprint density at radius 2 is 1.66 bits per heavy atom. The molecule has 0 bridgehead atoms. The van der Waals surface area contributed by atoms with Crippen LogP contribution in [0, 0.1) is 0 Å². The van der Waals surface area contributed by atoms with Crippen LogP contribution in [0.15, 0.2) is 77.7 Å². The van der Waals surface area contributed by atoms with E-state index in [1.54, 1.807) is 0 Å². The van der Waals surface area contributed by atoms with Crippen molar-refractivity contribution < 1.29 is 44.7 Å². The third kappa shape index (κ3) is 8.28. The first-order valence-corrected chi connectivity index (χ1v) is 17.7. The number of rotatable bonds is 10. The van der Waals surface area contributed by atoms with Crippen molar-refractivity contribution in [1.29, 1.82) is 0 Å². The minimum Gasteiger partial charge on any atom is -0.395 e. The molecule has 0 aliphatic carbocycles. The average Bonchev–Trinajstić information content (AvgIpc) is 3.06. The topological polar surface area (TPSA) is 103 Å². The Morgan fingerprint density at radius 3 is 2.26 bits per heavy atom. The Morgan fingerprint density at radius 1 is 1.00 bits per heavy atom. The van der Waals surface area contributed by atoms with E-state index in [4.69, 9.17) is 0 Å². The number of aliphatic hydroxyl groups is 1. The summed E-state index contributed by atoms with van der Waals surface area (Å²) in [4.78, 5) is 22.5. The van der Waals surface area contributed by atoms with E-state index >= 15 is 0 Å². The molecule has 0 unspecified atom stereocenters. The van der Waals surface area contributed by atoms with Crippen molar-refractivity contribution in [1.82, 2.24) is 20.1 Å². The normalized spacial score (nSPS) is 15.8. The van der Waals surface area contributed by atoms with Crippen molar-refractivity contribution >= 4 is 26.6 Å². The number of carbonyl (C=O) groups is 1. The van der Waals surface area contributed by atoms with Gasteiger partial charge in [0.2, 0.25) is 0 Å². The molecule has 1 fully saturated rings. The van der Waals surface area contributed by atoms with Gasteiger partial charge in [-0.15, -0.1) is 0 Å². The van der Waals surface area contributed by atoms with Crippen LogP contribution in [0.1, 0.15) is 45.9 Å². The summed E-state index contributed by atoms with van der Waals surface area (Å²) in [5.41, 5.74) is -2.07. The van der Waals surface area contributed by atoms with Crippen LogP contribution in [0.2, 0.25) is 0 Å². The second kappa shape index (κ2) is 14.7. The molecular weight excluding hydrogens is 686 g/mol. The van der Waals surface area contributed by atoms with Crippen LogP contribution in [0.3, 0.4) is 0 Å². The molecule has 5 rings (SSSR count). The van der Waals surface area contributed by atoms with E-state index in [1.807, 2.05) is 16.8 Å². The molecule has 50 heavy (non-hydrogen) atoms. The van der Waals surface area contributed by atoms with Gasteiger partial charge in [-0.1, -0.05) is 54.6 Å². The lowest BCUT2D eigenvalue weighted by molar-refractivity contribution is -0.155. The van der Waals surface area contributed by atoms with Crippen LogP contribution in [0.4, 0.5) is 26.3 Å². The number of alkyl halides is 6. The number of nitrogens with one attached hydrogen (secondary N) is 1. The summed E-state index contributed by atoms with van der Waals surface area (Å²) in [6.45, 7) is 1.25. The maximum absolute atomic E-state index is 14.5. The zero-order chi connectivity index (χ0) is 36.4. The molecule has 1 amide bonds. The van der Waals surface area contributed by atoms with Gasteiger partial charge in [-0.2, -0.15) is 26.3 Å². The van der Waals surface area contributed by atoms with E-state index in [-0.39, 0.29) is 62.9 Å². The summed E-state index contributed by atoms with van der Waals surface area (Å²) in [5, 5.41) is 11.4. The lowest BCUT2D eigenvalue weighted by Gasteiger charge is -2.37. The van der Waals surface area contributed by atoms with Gasteiger partial charge in [-0.3, -0.25) is 9.69 Å². The number of hydrogen-bond acceptors (Lipinski definition) is 7. The number of benzene rings is 3. The number of hydrogen-bond donors (Lipinski definition) is 2. The first-order valence-electron chi connectivity index (χ1n) is 15.8. The molecule has 1 aliphatic heterocycles. The van der Waals surface area contributed by atoms with E-state index in [0.29, 0.717) is 32.5 Å². The lowest BCUT2D eigenvalue weighted by Crippen LogP contribution is -2.44. The molecule has 1 saturated heterocycles. The van der Waals surface area contributed by atoms with Crippen LogP contribution in [-0.2, 0) is 22.6 Å². The number of fused-ring (bicyclic) bond motifs is 1. The predicted molar refractivity (Wildman–Crippen MR) is 176 cm³/mol. The first kappa shape index (κ1) is 37.2. The average molecular weight is 723 g/mol. The number of carbonyl (C=O) groups excluding carboxylic acids is 1. The van der Waals surface area contributed by atoms with Gasteiger partial charge in [-0.05, 0) is 56.7 Å². The summed E-state index contributed by atoms with van der Waals surface area (Å²) >= 11 is 0. The van der Waals surface area contributed by atoms with E-state index in [1.165, 1.54) is 54.6 Å². The summed E-state index contributed by atoms with van der Waals surface area (Å²) in [6.07, 6.45) is -7.53. The summed E-state index contributed by atoms with van der Waals surface area (Å²) < 4.78 is 111. The van der Waals surface area contributed by atoms with Gasteiger partial charge in [0.15, 0.2) is 15.9 Å². The molecule has 0 spiro atoms. The Balaban J connectivity index is 1.75. The van der Waals surface area contributed by atoms with Crippen LogP contribution in [0.5, 0.6) is 0 Å². The molecule has 0 radical (unpaired) electrons. The van der Waals surface area contributed by atoms with Gasteiger partial charge < -0.3 is 15.3 Å². The van der Waals surface area contributed by atoms with Crippen molar-refractivity contribution in [2.24, 2.45) is 0 Å². The number of nitrogens with zero attached hydrogens (tertiary/aromatic N) is 3. The van der Waals surface area contributed by atoms with Crippen LogP contribution in [-0.4, -0.2) is 86.0 Å². The Labute approximate surface area is 285 Å². The summed E-state index contributed by atoms with van der Waals surface area (Å²) in [6, 6.07) is 12.4. The van der Waals surface area contributed by atoms with Gasteiger partial charge in [0.1, 0.15) is 0 Å². The largest absolute Gasteiger partial charge is 0.416 e. The molecule has 1 aliphatic rings. The molecule has 8 nitrogen and oxygen atoms in total. The number of likely N-dealkylation sites (N-methyl/N-ethyl adjacent to an activating group) is 1. The third-order valence-electron chi connectivity index (χ3n) is 8.92. The van der Waals surface area contributed by atoms with Gasteiger partial charge in [0.25, 0.3) is 5.91 Å². The Kier molecular flexibility index (Phi) is 10.9. The minimum atomic E-state index is -4.94. The molecule has 2 N–H and O–H groups in total. The van der Waals surface area contributed by atoms with Crippen molar-refractivity contribution in [3.8, 4) is 11.3 Å². The molecule has 2 heterocycles. The number of aliphatic hydroxyl groups excluding tert-OH is 1. The third-order valence-corrected chi connectivity index (χ3v) is 10.0. The van der Waals surface area contributed by atoms with Gasteiger partial charge >= 0.3 is 12.4 Å². The summed E-state index contributed by atoms with van der Waals surface area (Å²) in [7, 11) is -2.16. The zero-order valence-electron chi connectivity index (χ0n) is 27.2. The smallest absolute Gasteiger partial charge is 0.395 e. The number of likely N-dealkylation sites (tertiary alicyclic amines) is 1. The highest BCUT2D eigenvalue weighted by atomic mass is 32.2. The van der Waals surface area contributed by atoms with Gasteiger partial charge in [0, 0.05) is 41.9 Å². The Hall–Kier alpha value is -4.05. The van der Waals surface area contributed by atoms with Gasteiger partial charge in [-0.25, -0.2) is 13.4 Å². The van der Waals surface area contributed by atoms with Crippen LogP contribution >= 0.6 is 0 Å². The predicted octanol–water partition coefficient (Wildman–Crippen LogP) is 6.25. The van der Waals surface area contributed by atoms with Crippen molar-refractivity contribution in [3.05, 3.63) is 95.1 Å².